The highest BCUT2D eigenvalue weighted by atomic mass is 16.5. The second-order valence-electron chi connectivity index (χ2n) is 7.35. The van der Waals surface area contributed by atoms with Crippen molar-refractivity contribution in [2.75, 3.05) is 53.4 Å². The topological polar surface area (TPSA) is 49.2 Å². The summed E-state index contributed by atoms with van der Waals surface area (Å²) in [5, 5.41) is 0. The lowest BCUT2D eigenvalue weighted by atomic mass is 10.1. The van der Waals surface area contributed by atoms with Crippen LogP contribution in [0.1, 0.15) is 48.5 Å². The van der Waals surface area contributed by atoms with Crippen molar-refractivity contribution < 1.29 is 13.9 Å². The highest BCUT2D eigenvalue weighted by molar-refractivity contribution is 5.86. The lowest BCUT2D eigenvalue weighted by molar-refractivity contribution is 0.0553. The van der Waals surface area contributed by atoms with E-state index in [1.54, 1.807) is 6.07 Å². The largest absolute Gasteiger partial charge is 0.463 e. The van der Waals surface area contributed by atoms with Crippen LogP contribution in [-0.4, -0.2) is 80.1 Å². The van der Waals surface area contributed by atoms with Crippen molar-refractivity contribution in [3.05, 3.63) is 23.7 Å². The van der Waals surface area contributed by atoms with Crippen LogP contribution in [0.4, 0.5) is 0 Å². The van der Waals surface area contributed by atoms with E-state index >= 15 is 0 Å². The summed E-state index contributed by atoms with van der Waals surface area (Å²) in [6.07, 6.45) is 3.78. The highest BCUT2D eigenvalue weighted by Crippen LogP contribution is 2.27. The van der Waals surface area contributed by atoms with Crippen LogP contribution in [0.2, 0.25) is 0 Å². The van der Waals surface area contributed by atoms with E-state index in [1.165, 1.54) is 26.4 Å². The average molecular weight is 349 g/mol. The molecule has 0 spiro atoms. The SMILES string of the molecule is COC(=O)c1ccc([C@@H](C)N2CCCC[C@H](N3CCN(C)CC3)C2)o1. The third kappa shape index (κ3) is 4.43. The number of methoxy groups -OCH3 is 1. The Labute approximate surface area is 150 Å². The van der Waals surface area contributed by atoms with Gasteiger partial charge in [0.05, 0.1) is 13.2 Å². The Balaban J connectivity index is 1.65. The van der Waals surface area contributed by atoms with Gasteiger partial charge < -0.3 is 14.1 Å². The maximum atomic E-state index is 11.6. The average Bonchev–Trinajstić information content (AvgIpc) is 2.99. The van der Waals surface area contributed by atoms with E-state index in [1.807, 2.05) is 6.07 Å². The molecule has 140 valence electrons. The molecule has 0 aromatic carbocycles. The van der Waals surface area contributed by atoms with Crippen molar-refractivity contribution in [3.8, 4) is 0 Å². The number of furan rings is 1. The van der Waals surface area contributed by atoms with Gasteiger partial charge in [0.1, 0.15) is 5.76 Å². The molecule has 0 saturated carbocycles. The molecule has 0 unspecified atom stereocenters. The van der Waals surface area contributed by atoms with Gasteiger partial charge >= 0.3 is 5.97 Å². The number of likely N-dealkylation sites (tertiary alicyclic amines) is 1. The monoisotopic (exact) mass is 349 g/mol. The van der Waals surface area contributed by atoms with Crippen LogP contribution in [0, 0.1) is 0 Å². The molecule has 6 nitrogen and oxygen atoms in total. The maximum absolute atomic E-state index is 11.6. The quantitative estimate of drug-likeness (QED) is 0.777. The van der Waals surface area contributed by atoms with Gasteiger partial charge in [-0.3, -0.25) is 9.80 Å². The van der Waals surface area contributed by atoms with E-state index in [0.717, 1.165) is 45.0 Å². The van der Waals surface area contributed by atoms with E-state index in [4.69, 9.17) is 9.15 Å². The summed E-state index contributed by atoms with van der Waals surface area (Å²) < 4.78 is 10.5. The summed E-state index contributed by atoms with van der Waals surface area (Å²) >= 11 is 0. The zero-order valence-corrected chi connectivity index (χ0v) is 15.7. The van der Waals surface area contributed by atoms with Gasteiger partial charge in [0.2, 0.25) is 5.76 Å². The first kappa shape index (κ1) is 18.4. The van der Waals surface area contributed by atoms with E-state index < -0.39 is 5.97 Å². The lowest BCUT2D eigenvalue weighted by Gasteiger charge is -2.40. The lowest BCUT2D eigenvalue weighted by Crippen LogP contribution is -2.52. The van der Waals surface area contributed by atoms with Gasteiger partial charge in [-0.25, -0.2) is 4.79 Å². The number of carbonyl (C=O) groups is 1. The van der Waals surface area contributed by atoms with Crippen molar-refractivity contribution in [2.45, 2.75) is 38.3 Å². The molecule has 2 fully saturated rings. The second kappa shape index (κ2) is 8.34. The minimum absolute atomic E-state index is 0.173. The highest BCUT2D eigenvalue weighted by Gasteiger charge is 2.29. The molecule has 0 N–H and O–H groups in total. The molecule has 1 aromatic rings. The molecule has 0 aliphatic carbocycles. The molecule has 0 bridgehead atoms. The van der Waals surface area contributed by atoms with Crippen molar-refractivity contribution in [2.24, 2.45) is 0 Å². The van der Waals surface area contributed by atoms with E-state index in [9.17, 15) is 4.79 Å². The predicted molar refractivity (Wildman–Crippen MR) is 96.7 cm³/mol. The first-order valence-electron chi connectivity index (χ1n) is 9.43. The number of esters is 1. The zero-order valence-electron chi connectivity index (χ0n) is 15.7. The van der Waals surface area contributed by atoms with Crippen molar-refractivity contribution >= 4 is 5.97 Å². The molecule has 0 radical (unpaired) electrons. The number of ether oxygens (including phenoxy) is 1. The van der Waals surface area contributed by atoms with Crippen molar-refractivity contribution in [1.82, 2.24) is 14.7 Å². The summed E-state index contributed by atoms with van der Waals surface area (Å²) in [5.74, 6) is 0.721. The normalized spacial score (nSPS) is 25.5. The number of nitrogens with zero attached hydrogens (tertiary/aromatic N) is 3. The minimum Gasteiger partial charge on any atom is -0.463 e. The number of hydrogen-bond donors (Lipinski definition) is 0. The molecular weight excluding hydrogens is 318 g/mol. The van der Waals surface area contributed by atoms with Crippen molar-refractivity contribution in [3.63, 3.8) is 0 Å². The third-order valence-electron chi connectivity index (χ3n) is 5.71. The molecule has 3 rings (SSSR count). The number of piperazine rings is 1. The first-order chi connectivity index (χ1) is 12.1. The van der Waals surface area contributed by atoms with Crippen molar-refractivity contribution in [1.29, 1.82) is 0 Å². The van der Waals surface area contributed by atoms with Crippen LogP contribution in [-0.2, 0) is 4.74 Å². The maximum Gasteiger partial charge on any atom is 0.373 e. The fraction of sp³-hybridized carbons (Fsp3) is 0.737. The smallest absolute Gasteiger partial charge is 0.373 e. The van der Waals surface area contributed by atoms with Gasteiger partial charge in [-0.05, 0) is 45.5 Å². The van der Waals surface area contributed by atoms with Crippen LogP contribution >= 0.6 is 0 Å². The summed E-state index contributed by atoms with van der Waals surface area (Å²) in [4.78, 5) is 19.2. The summed E-state index contributed by atoms with van der Waals surface area (Å²) in [6.45, 7) is 8.97. The molecule has 0 amide bonds. The van der Waals surface area contributed by atoms with Crippen LogP contribution in [0.3, 0.4) is 0 Å². The molecule has 1 aromatic heterocycles. The van der Waals surface area contributed by atoms with E-state index in [-0.39, 0.29) is 11.8 Å². The minimum atomic E-state index is -0.412. The Hall–Kier alpha value is -1.37. The van der Waals surface area contributed by atoms with Gasteiger partial charge in [-0.15, -0.1) is 0 Å². The standard InChI is InChI=1S/C19H31N3O3/c1-15(17-7-8-18(25-17)19(23)24-3)22-9-5-4-6-16(14-22)21-12-10-20(2)11-13-21/h7-8,15-16H,4-6,9-14H2,1-3H3/t15-,16+/m1/s1. The fourth-order valence-corrected chi connectivity index (χ4v) is 3.95. The summed E-state index contributed by atoms with van der Waals surface area (Å²) in [7, 11) is 3.58. The molecule has 2 aliphatic heterocycles. The first-order valence-corrected chi connectivity index (χ1v) is 9.43. The van der Waals surface area contributed by atoms with Gasteiger partial charge in [0.25, 0.3) is 0 Å². The molecule has 2 aliphatic rings. The molecular formula is C19H31N3O3. The Bertz CT molecular complexity index is 566. The summed E-state index contributed by atoms with van der Waals surface area (Å²) in [5.41, 5.74) is 0. The Morgan fingerprint density at radius 1 is 1.20 bits per heavy atom. The molecule has 6 heteroatoms. The van der Waals surface area contributed by atoms with E-state index in [2.05, 4.69) is 28.7 Å². The Morgan fingerprint density at radius 3 is 2.68 bits per heavy atom. The van der Waals surface area contributed by atoms with E-state index in [0.29, 0.717) is 6.04 Å². The molecule has 2 atom stereocenters. The van der Waals surface area contributed by atoms with Gasteiger partial charge in [-0.1, -0.05) is 6.42 Å². The molecule has 3 heterocycles. The van der Waals surface area contributed by atoms with Gasteiger partial charge in [0, 0.05) is 38.8 Å². The number of hydrogen-bond acceptors (Lipinski definition) is 6. The molecule has 25 heavy (non-hydrogen) atoms. The van der Waals surface area contributed by atoms with Gasteiger partial charge in [0.15, 0.2) is 0 Å². The molecule has 2 saturated heterocycles. The van der Waals surface area contributed by atoms with Crippen LogP contribution in [0.15, 0.2) is 16.5 Å². The second-order valence-corrected chi connectivity index (χ2v) is 7.35. The zero-order chi connectivity index (χ0) is 17.8. The van der Waals surface area contributed by atoms with Crippen LogP contribution in [0.25, 0.3) is 0 Å². The number of carbonyl (C=O) groups excluding carboxylic acids is 1. The Kier molecular flexibility index (Phi) is 6.15. The number of likely N-dealkylation sites (N-methyl/N-ethyl adjacent to an activating group) is 1. The Morgan fingerprint density at radius 2 is 1.96 bits per heavy atom. The van der Waals surface area contributed by atoms with Crippen LogP contribution < -0.4 is 0 Å². The summed E-state index contributed by atoms with van der Waals surface area (Å²) in [6, 6.07) is 4.42. The third-order valence-corrected chi connectivity index (χ3v) is 5.71. The predicted octanol–water partition coefficient (Wildman–Crippen LogP) is 2.23. The number of rotatable bonds is 4. The van der Waals surface area contributed by atoms with Gasteiger partial charge in [-0.2, -0.15) is 0 Å². The fourth-order valence-electron chi connectivity index (χ4n) is 3.95. The van der Waals surface area contributed by atoms with Crippen LogP contribution in [0.5, 0.6) is 0 Å².